The molecule has 2 unspecified atom stereocenters. The smallest absolute Gasteiger partial charge is 0.325 e. The van der Waals surface area contributed by atoms with Crippen LogP contribution in [-0.2, 0) is 9.53 Å². The summed E-state index contributed by atoms with van der Waals surface area (Å²) in [6, 6.07) is -0.884. The Morgan fingerprint density at radius 2 is 2.18 bits per heavy atom. The van der Waals surface area contributed by atoms with E-state index in [9.17, 15) is 9.59 Å². The molecule has 8 nitrogen and oxygen atoms in total. The van der Waals surface area contributed by atoms with Crippen LogP contribution in [0.4, 0.5) is 4.79 Å². The molecule has 0 aromatic heterocycles. The number of allylic oxidation sites excluding steroid dienone is 1. The monoisotopic (exact) mass is 307 g/mol. The van der Waals surface area contributed by atoms with Crippen molar-refractivity contribution in [2.24, 2.45) is 4.99 Å². The van der Waals surface area contributed by atoms with E-state index in [0.29, 0.717) is 13.2 Å². The number of hydrogen-bond acceptors (Lipinski definition) is 6. The Morgan fingerprint density at radius 1 is 1.41 bits per heavy atom. The molecule has 3 aliphatic rings. The minimum absolute atomic E-state index is 0.299. The van der Waals surface area contributed by atoms with Crippen LogP contribution in [0.1, 0.15) is 20.3 Å². The maximum Gasteiger partial charge on any atom is 0.325 e. The first-order valence-electron chi connectivity index (χ1n) is 7.52. The van der Waals surface area contributed by atoms with Crippen molar-refractivity contribution in [3.8, 4) is 0 Å². The number of aliphatic imine (C=N–C) groups is 1. The number of rotatable bonds is 5. The summed E-state index contributed by atoms with van der Waals surface area (Å²) in [6.45, 7) is 6.14. The van der Waals surface area contributed by atoms with Crippen LogP contribution in [-0.4, -0.2) is 71.6 Å². The van der Waals surface area contributed by atoms with Gasteiger partial charge in [-0.05, 0) is 20.3 Å². The summed E-state index contributed by atoms with van der Waals surface area (Å²) in [4.78, 5) is 33.9. The topological polar surface area (TPSA) is 77.5 Å². The summed E-state index contributed by atoms with van der Waals surface area (Å²) in [5.41, 5.74) is 1.04. The number of urea groups is 1. The number of ether oxygens (including phenoxy) is 1. The van der Waals surface area contributed by atoms with Gasteiger partial charge in [-0.1, -0.05) is 0 Å². The molecular weight excluding hydrogens is 286 g/mol. The van der Waals surface area contributed by atoms with E-state index in [4.69, 9.17) is 4.74 Å². The van der Waals surface area contributed by atoms with Gasteiger partial charge in [0.15, 0.2) is 12.2 Å². The second kappa shape index (κ2) is 5.60. The first kappa shape index (κ1) is 14.8. The van der Waals surface area contributed by atoms with Crippen LogP contribution < -0.4 is 5.32 Å². The van der Waals surface area contributed by atoms with Gasteiger partial charge in [0.1, 0.15) is 0 Å². The van der Waals surface area contributed by atoms with E-state index in [1.165, 1.54) is 4.90 Å². The van der Waals surface area contributed by atoms with Gasteiger partial charge >= 0.3 is 6.03 Å². The third kappa shape index (κ3) is 2.23. The van der Waals surface area contributed by atoms with Gasteiger partial charge in [-0.3, -0.25) is 10.1 Å². The van der Waals surface area contributed by atoms with Crippen LogP contribution in [0.2, 0.25) is 0 Å². The highest BCUT2D eigenvalue weighted by Crippen LogP contribution is 2.31. The van der Waals surface area contributed by atoms with Crippen molar-refractivity contribution >= 4 is 17.9 Å². The molecule has 0 bridgehead atoms. The highest BCUT2D eigenvalue weighted by atomic mass is 16.5. The lowest BCUT2D eigenvalue weighted by molar-refractivity contribution is -0.126. The lowest BCUT2D eigenvalue weighted by Crippen LogP contribution is -2.62. The molecule has 0 aromatic rings. The molecule has 0 saturated carbocycles. The van der Waals surface area contributed by atoms with Crippen molar-refractivity contribution in [2.45, 2.75) is 32.5 Å². The van der Waals surface area contributed by atoms with Gasteiger partial charge in [-0.2, -0.15) is 0 Å². The third-order valence-corrected chi connectivity index (χ3v) is 4.14. The Morgan fingerprint density at radius 3 is 2.91 bits per heavy atom. The Kier molecular flexibility index (Phi) is 3.78. The first-order valence-corrected chi connectivity index (χ1v) is 7.52. The number of hydrogen-bond donors (Lipinski definition) is 1. The average molecular weight is 307 g/mol. The zero-order valence-electron chi connectivity index (χ0n) is 13.1. The number of likely N-dealkylation sites (N-methyl/N-ethyl adjacent to an activating group) is 1. The van der Waals surface area contributed by atoms with Gasteiger partial charge in [-0.15, -0.1) is 0 Å². The normalized spacial score (nSPS) is 26.8. The highest BCUT2D eigenvalue weighted by molar-refractivity contribution is 6.04. The third-order valence-electron chi connectivity index (χ3n) is 4.14. The lowest BCUT2D eigenvalue weighted by atomic mass is 10.1. The van der Waals surface area contributed by atoms with Gasteiger partial charge in [0.25, 0.3) is 5.91 Å². The van der Waals surface area contributed by atoms with E-state index < -0.39 is 18.2 Å². The number of carbonyl (C=O) groups is 2. The molecular formula is C14H21N5O3. The molecule has 120 valence electrons. The number of guanidine groups is 1. The minimum Gasteiger partial charge on any atom is -0.382 e. The molecule has 22 heavy (non-hydrogen) atoms. The molecule has 3 heterocycles. The molecule has 0 aliphatic carbocycles. The minimum atomic E-state index is -0.482. The molecule has 0 aromatic carbocycles. The summed E-state index contributed by atoms with van der Waals surface area (Å²) in [6.07, 6.45) is 2.34. The van der Waals surface area contributed by atoms with Crippen molar-refractivity contribution in [1.29, 1.82) is 0 Å². The summed E-state index contributed by atoms with van der Waals surface area (Å²) in [5.74, 6) is 0.438. The average Bonchev–Trinajstić information content (AvgIpc) is 2.97. The van der Waals surface area contributed by atoms with Crippen LogP contribution in [0.5, 0.6) is 0 Å². The largest absolute Gasteiger partial charge is 0.382 e. The van der Waals surface area contributed by atoms with E-state index in [2.05, 4.69) is 15.2 Å². The van der Waals surface area contributed by atoms with Crippen LogP contribution in [0.25, 0.3) is 0 Å². The summed E-state index contributed by atoms with van der Waals surface area (Å²) in [7, 11) is 1.65. The number of nitrogens with one attached hydrogen (secondary N) is 1. The van der Waals surface area contributed by atoms with E-state index in [-0.39, 0.29) is 5.91 Å². The number of carbonyl (C=O) groups excluding carboxylic acids is 2. The molecule has 0 radical (unpaired) electrons. The van der Waals surface area contributed by atoms with E-state index in [1.807, 2.05) is 24.9 Å². The van der Waals surface area contributed by atoms with Crippen molar-refractivity contribution in [3.05, 3.63) is 11.9 Å². The number of nitrogens with zero attached hydrogens (tertiary/aromatic N) is 4. The van der Waals surface area contributed by atoms with Crippen molar-refractivity contribution in [2.75, 3.05) is 26.8 Å². The predicted octanol–water partition coefficient (Wildman–Crippen LogP) is 0.138. The number of fused-ring (bicyclic) bond motifs is 3. The molecule has 2 atom stereocenters. The fourth-order valence-corrected chi connectivity index (χ4v) is 2.99. The molecule has 0 spiro atoms. The molecule has 3 amide bonds. The van der Waals surface area contributed by atoms with Crippen molar-refractivity contribution in [3.63, 3.8) is 0 Å². The second-order valence-corrected chi connectivity index (χ2v) is 5.57. The molecule has 8 heteroatoms. The summed E-state index contributed by atoms with van der Waals surface area (Å²) >= 11 is 0. The van der Waals surface area contributed by atoms with Crippen LogP contribution in [0, 0.1) is 0 Å². The highest BCUT2D eigenvalue weighted by Gasteiger charge is 2.51. The number of amides is 3. The standard InChI is InChI=1S/C14H21N5O3/c1-4-22-7-5-6-18-9(2)8-19-10-11(15-13(18)19)17(3)14(21)16-12(10)20/h8,10-11H,4-7H2,1-3H3,(H,16,20,21). The van der Waals surface area contributed by atoms with Crippen LogP contribution >= 0.6 is 0 Å². The predicted molar refractivity (Wildman–Crippen MR) is 79.7 cm³/mol. The molecule has 3 rings (SSSR count). The Hall–Kier alpha value is -2.09. The molecule has 1 saturated heterocycles. The fraction of sp³-hybridized carbons (Fsp3) is 0.643. The lowest BCUT2D eigenvalue weighted by Gasteiger charge is -2.34. The SMILES string of the molecule is CCOCCCN1C(C)=CN2C1=NC1C2C(=O)NC(=O)N1C. The zero-order valence-corrected chi connectivity index (χ0v) is 13.1. The summed E-state index contributed by atoms with van der Waals surface area (Å²) in [5, 5.41) is 2.37. The van der Waals surface area contributed by atoms with Crippen molar-refractivity contribution < 1.29 is 14.3 Å². The summed E-state index contributed by atoms with van der Waals surface area (Å²) < 4.78 is 5.37. The molecule has 1 fully saturated rings. The molecule has 1 N–H and O–H groups in total. The van der Waals surface area contributed by atoms with Gasteiger partial charge in [0.05, 0.1) is 0 Å². The van der Waals surface area contributed by atoms with Gasteiger partial charge in [0, 0.05) is 38.7 Å². The fourth-order valence-electron chi connectivity index (χ4n) is 2.99. The van der Waals surface area contributed by atoms with Gasteiger partial charge in [-0.25, -0.2) is 9.79 Å². The maximum atomic E-state index is 12.1. The zero-order chi connectivity index (χ0) is 15.9. The second-order valence-electron chi connectivity index (χ2n) is 5.57. The first-order chi connectivity index (χ1) is 10.5. The molecule has 3 aliphatic heterocycles. The van der Waals surface area contributed by atoms with Crippen molar-refractivity contribution in [1.82, 2.24) is 20.0 Å². The Labute approximate surface area is 129 Å². The Bertz CT molecular complexity index is 559. The van der Waals surface area contributed by atoms with Gasteiger partial charge < -0.3 is 19.4 Å². The number of imide groups is 1. The Balaban J connectivity index is 1.76. The quantitative estimate of drug-likeness (QED) is 0.731. The van der Waals surface area contributed by atoms with E-state index >= 15 is 0 Å². The van der Waals surface area contributed by atoms with Crippen LogP contribution in [0.3, 0.4) is 0 Å². The van der Waals surface area contributed by atoms with Gasteiger partial charge in [0.2, 0.25) is 5.96 Å². The van der Waals surface area contributed by atoms with E-state index in [0.717, 1.165) is 24.6 Å². The maximum absolute atomic E-state index is 12.1. The van der Waals surface area contributed by atoms with E-state index in [1.54, 1.807) is 7.05 Å². The van der Waals surface area contributed by atoms with Crippen LogP contribution in [0.15, 0.2) is 16.9 Å².